The summed E-state index contributed by atoms with van der Waals surface area (Å²) in [7, 11) is 0. The number of aromatic nitrogens is 3. The van der Waals surface area contributed by atoms with Crippen LogP contribution in [0.25, 0.3) is 0 Å². The van der Waals surface area contributed by atoms with Crippen LogP contribution in [0.15, 0.2) is 43.0 Å². The van der Waals surface area contributed by atoms with E-state index < -0.39 is 0 Å². The van der Waals surface area contributed by atoms with E-state index in [4.69, 9.17) is 9.47 Å². The van der Waals surface area contributed by atoms with E-state index in [-0.39, 0.29) is 5.60 Å². The molecule has 0 saturated carbocycles. The maximum absolute atomic E-state index is 6.05. The lowest BCUT2D eigenvalue weighted by atomic mass is 9.81. The van der Waals surface area contributed by atoms with Crippen LogP contribution in [0.4, 0.5) is 5.95 Å². The van der Waals surface area contributed by atoms with E-state index >= 15 is 0 Å². The highest BCUT2D eigenvalue weighted by Crippen LogP contribution is 2.41. The van der Waals surface area contributed by atoms with Crippen molar-refractivity contribution < 1.29 is 9.47 Å². The lowest BCUT2D eigenvalue weighted by molar-refractivity contribution is -0.0657. The van der Waals surface area contributed by atoms with E-state index in [0.717, 1.165) is 44.2 Å². The molecule has 0 radical (unpaired) electrons. The third kappa shape index (κ3) is 2.92. The zero-order valence-corrected chi connectivity index (χ0v) is 13.0. The lowest BCUT2D eigenvalue weighted by Crippen LogP contribution is -2.66. The summed E-state index contributed by atoms with van der Waals surface area (Å²) in [6.07, 6.45) is 8.22. The summed E-state index contributed by atoms with van der Waals surface area (Å²) in [6, 6.07) is 5.80. The molecule has 0 aliphatic carbocycles. The third-order valence-corrected chi connectivity index (χ3v) is 4.66. The average Bonchev–Trinajstić information content (AvgIpc) is 2.99. The van der Waals surface area contributed by atoms with E-state index in [1.54, 1.807) is 18.6 Å². The van der Waals surface area contributed by atoms with Gasteiger partial charge < -0.3 is 14.4 Å². The maximum atomic E-state index is 6.05. The van der Waals surface area contributed by atoms with Crippen molar-refractivity contribution in [1.82, 2.24) is 15.0 Å². The molecule has 23 heavy (non-hydrogen) atoms. The fraction of sp³-hybridized carbons (Fsp3) is 0.471. The first-order chi connectivity index (χ1) is 11.4. The summed E-state index contributed by atoms with van der Waals surface area (Å²) < 4.78 is 12.0. The Hall–Kier alpha value is -2.05. The normalized spacial score (nSPS) is 22.3. The second-order valence-corrected chi connectivity index (χ2v) is 6.18. The Morgan fingerprint density at radius 1 is 1.22 bits per heavy atom. The molecule has 4 heterocycles. The van der Waals surface area contributed by atoms with Crippen LogP contribution >= 0.6 is 0 Å². The molecule has 1 atom stereocenters. The number of ether oxygens (including phenoxy) is 2. The van der Waals surface area contributed by atoms with Crippen LogP contribution in [0.3, 0.4) is 0 Å². The molecule has 6 heteroatoms. The van der Waals surface area contributed by atoms with Gasteiger partial charge in [-0.2, -0.15) is 0 Å². The Bertz CT molecular complexity index is 632. The third-order valence-electron chi connectivity index (χ3n) is 4.66. The predicted octanol–water partition coefficient (Wildman–Crippen LogP) is 1.68. The van der Waals surface area contributed by atoms with Gasteiger partial charge in [0.2, 0.25) is 5.95 Å². The molecule has 2 aromatic rings. The largest absolute Gasteiger partial charge is 0.376 e. The summed E-state index contributed by atoms with van der Waals surface area (Å²) >= 11 is 0. The van der Waals surface area contributed by atoms with Gasteiger partial charge in [-0.25, -0.2) is 9.97 Å². The fourth-order valence-corrected chi connectivity index (χ4v) is 3.37. The van der Waals surface area contributed by atoms with Gasteiger partial charge in [-0.15, -0.1) is 0 Å². The Kier molecular flexibility index (Phi) is 3.93. The Labute approximate surface area is 135 Å². The van der Waals surface area contributed by atoms with E-state index in [0.29, 0.717) is 12.5 Å². The van der Waals surface area contributed by atoms with Gasteiger partial charge in [0.25, 0.3) is 0 Å². The summed E-state index contributed by atoms with van der Waals surface area (Å²) in [5, 5.41) is 0. The molecule has 2 fully saturated rings. The molecule has 1 spiro atoms. The van der Waals surface area contributed by atoms with Crippen molar-refractivity contribution in [3.05, 3.63) is 48.5 Å². The molecule has 1 unspecified atom stereocenters. The molecule has 120 valence electrons. The molecule has 0 bridgehead atoms. The summed E-state index contributed by atoms with van der Waals surface area (Å²) in [4.78, 5) is 14.9. The second kappa shape index (κ2) is 6.22. The standard InChI is InChI=1S/C17H20N4O2/c1-3-14(9-18-5-1)10-22-11-15-4-8-23-17(15)12-21(13-17)16-19-6-2-7-20-16/h1-3,5-7,9,15H,4,8,10-13H2. The topological polar surface area (TPSA) is 60.4 Å². The molecular formula is C17H20N4O2. The highest BCUT2D eigenvalue weighted by atomic mass is 16.5. The quantitative estimate of drug-likeness (QED) is 0.837. The van der Waals surface area contributed by atoms with Crippen molar-refractivity contribution in [1.29, 1.82) is 0 Å². The number of nitrogens with zero attached hydrogens (tertiary/aromatic N) is 4. The highest BCUT2D eigenvalue weighted by molar-refractivity contribution is 5.37. The van der Waals surface area contributed by atoms with Crippen molar-refractivity contribution in [2.45, 2.75) is 18.6 Å². The predicted molar refractivity (Wildman–Crippen MR) is 84.9 cm³/mol. The number of anilines is 1. The molecule has 0 aromatic carbocycles. The van der Waals surface area contributed by atoms with Crippen molar-refractivity contribution in [3.8, 4) is 0 Å². The van der Waals surface area contributed by atoms with E-state index in [1.165, 1.54) is 0 Å². The van der Waals surface area contributed by atoms with Crippen LogP contribution in [0, 0.1) is 5.92 Å². The van der Waals surface area contributed by atoms with Crippen LogP contribution < -0.4 is 4.90 Å². The van der Waals surface area contributed by atoms with Crippen LogP contribution in [0.2, 0.25) is 0 Å². The van der Waals surface area contributed by atoms with Crippen molar-refractivity contribution in [2.75, 3.05) is 31.2 Å². The summed E-state index contributed by atoms with van der Waals surface area (Å²) in [5.74, 6) is 1.21. The molecule has 0 amide bonds. The molecule has 2 aliphatic heterocycles. The van der Waals surface area contributed by atoms with E-state index in [1.807, 2.05) is 24.4 Å². The first-order valence-corrected chi connectivity index (χ1v) is 7.98. The molecule has 0 N–H and O–H groups in total. The minimum Gasteiger partial charge on any atom is -0.376 e. The number of hydrogen-bond acceptors (Lipinski definition) is 6. The smallest absolute Gasteiger partial charge is 0.225 e. The fourth-order valence-electron chi connectivity index (χ4n) is 3.37. The molecule has 6 nitrogen and oxygen atoms in total. The highest BCUT2D eigenvalue weighted by Gasteiger charge is 2.53. The Morgan fingerprint density at radius 3 is 2.87 bits per heavy atom. The first kappa shape index (κ1) is 14.5. The van der Waals surface area contributed by atoms with Gasteiger partial charge >= 0.3 is 0 Å². The molecule has 2 aliphatic rings. The number of pyridine rings is 1. The monoisotopic (exact) mass is 312 g/mol. The van der Waals surface area contributed by atoms with Gasteiger partial charge in [-0.3, -0.25) is 4.98 Å². The van der Waals surface area contributed by atoms with E-state index in [9.17, 15) is 0 Å². The van der Waals surface area contributed by atoms with Gasteiger partial charge in [0.15, 0.2) is 0 Å². The van der Waals surface area contributed by atoms with Gasteiger partial charge in [-0.05, 0) is 24.1 Å². The Morgan fingerprint density at radius 2 is 2.09 bits per heavy atom. The number of hydrogen-bond donors (Lipinski definition) is 0. The molecular weight excluding hydrogens is 292 g/mol. The Balaban J connectivity index is 1.31. The summed E-state index contributed by atoms with van der Waals surface area (Å²) in [6.45, 7) is 3.82. The van der Waals surface area contributed by atoms with Crippen molar-refractivity contribution >= 4 is 5.95 Å². The van der Waals surface area contributed by atoms with E-state index in [2.05, 4.69) is 19.9 Å². The van der Waals surface area contributed by atoms with Crippen LogP contribution in [0.5, 0.6) is 0 Å². The van der Waals surface area contributed by atoms with Gasteiger partial charge in [0, 0.05) is 37.3 Å². The average molecular weight is 312 g/mol. The van der Waals surface area contributed by atoms with Crippen LogP contribution in [-0.2, 0) is 16.1 Å². The lowest BCUT2D eigenvalue weighted by Gasteiger charge is -2.50. The first-order valence-electron chi connectivity index (χ1n) is 7.98. The zero-order valence-electron chi connectivity index (χ0n) is 13.0. The van der Waals surface area contributed by atoms with Crippen LogP contribution in [-0.4, -0.2) is 46.9 Å². The van der Waals surface area contributed by atoms with Gasteiger partial charge in [0.1, 0.15) is 5.60 Å². The van der Waals surface area contributed by atoms with Gasteiger partial charge in [0.05, 0.1) is 26.3 Å². The SMILES string of the molecule is c1cnc(N2CC3(C2)OCCC3COCc2cccnc2)nc1. The molecule has 2 aromatic heterocycles. The molecule has 4 rings (SSSR count). The zero-order chi connectivity index (χ0) is 15.5. The van der Waals surface area contributed by atoms with Crippen molar-refractivity contribution in [3.63, 3.8) is 0 Å². The van der Waals surface area contributed by atoms with Crippen LogP contribution in [0.1, 0.15) is 12.0 Å². The van der Waals surface area contributed by atoms with Gasteiger partial charge in [-0.1, -0.05) is 6.07 Å². The van der Waals surface area contributed by atoms with Crippen molar-refractivity contribution in [2.24, 2.45) is 5.92 Å². The molecule has 2 saturated heterocycles. The summed E-state index contributed by atoms with van der Waals surface area (Å²) in [5.41, 5.74) is 1.02. The minimum absolute atomic E-state index is 0.0891. The minimum atomic E-state index is -0.0891. The number of rotatable bonds is 5. The second-order valence-electron chi connectivity index (χ2n) is 6.18. The maximum Gasteiger partial charge on any atom is 0.225 e.